The van der Waals surface area contributed by atoms with Crippen molar-refractivity contribution in [1.82, 2.24) is 15.0 Å². The van der Waals surface area contributed by atoms with Crippen LogP contribution >= 0.6 is 0 Å². The van der Waals surface area contributed by atoms with Gasteiger partial charge >= 0.3 is 0 Å². The number of nitrogens with one attached hydrogen (secondary N) is 2. The van der Waals surface area contributed by atoms with Crippen LogP contribution in [0.2, 0.25) is 0 Å². The van der Waals surface area contributed by atoms with Gasteiger partial charge < -0.3 is 15.5 Å². The molecular formula is C13H24N6. The second kappa shape index (κ2) is 5.59. The zero-order valence-electron chi connectivity index (χ0n) is 12.4. The molecule has 0 aromatic carbocycles. The molecular weight excluding hydrogens is 240 g/mol. The lowest BCUT2D eigenvalue weighted by Crippen LogP contribution is -2.26. The molecule has 2 rings (SSSR count). The van der Waals surface area contributed by atoms with Gasteiger partial charge in [-0.05, 0) is 24.7 Å². The van der Waals surface area contributed by atoms with Crippen molar-refractivity contribution >= 4 is 17.8 Å². The molecule has 3 atom stereocenters. The normalized spacial score (nSPS) is 26.3. The van der Waals surface area contributed by atoms with Crippen LogP contribution in [0.3, 0.4) is 0 Å². The van der Waals surface area contributed by atoms with Gasteiger partial charge in [-0.1, -0.05) is 13.8 Å². The van der Waals surface area contributed by atoms with E-state index in [-0.39, 0.29) is 0 Å². The van der Waals surface area contributed by atoms with Gasteiger partial charge in [0.05, 0.1) is 0 Å². The Morgan fingerprint density at radius 2 is 1.74 bits per heavy atom. The van der Waals surface area contributed by atoms with Crippen LogP contribution in [0.5, 0.6) is 0 Å². The molecule has 6 nitrogen and oxygen atoms in total. The maximum Gasteiger partial charge on any atom is 0.231 e. The molecule has 106 valence electrons. The Morgan fingerprint density at radius 1 is 1.05 bits per heavy atom. The average Bonchev–Trinajstić information content (AvgIpc) is 2.70. The van der Waals surface area contributed by atoms with Crippen LogP contribution in [0.25, 0.3) is 0 Å². The summed E-state index contributed by atoms with van der Waals surface area (Å²) >= 11 is 0. The second-order valence-electron chi connectivity index (χ2n) is 5.59. The van der Waals surface area contributed by atoms with E-state index in [1.165, 1.54) is 12.8 Å². The Hall–Kier alpha value is -1.59. The highest BCUT2D eigenvalue weighted by atomic mass is 15.3. The molecule has 0 saturated heterocycles. The number of hydrogen-bond acceptors (Lipinski definition) is 6. The topological polar surface area (TPSA) is 66.0 Å². The van der Waals surface area contributed by atoms with Crippen molar-refractivity contribution in [2.24, 2.45) is 11.8 Å². The summed E-state index contributed by atoms with van der Waals surface area (Å²) in [6, 6.07) is 0.456. The Bertz CT molecular complexity index is 433. The van der Waals surface area contributed by atoms with E-state index in [4.69, 9.17) is 0 Å². The maximum absolute atomic E-state index is 4.46. The number of nitrogens with zero attached hydrogens (tertiary/aromatic N) is 4. The fourth-order valence-electron chi connectivity index (χ4n) is 2.48. The van der Waals surface area contributed by atoms with Crippen molar-refractivity contribution in [3.63, 3.8) is 0 Å². The minimum absolute atomic E-state index is 0.456. The number of anilines is 3. The molecule has 0 amide bonds. The smallest absolute Gasteiger partial charge is 0.231 e. The summed E-state index contributed by atoms with van der Waals surface area (Å²) in [5, 5.41) is 6.44. The molecule has 1 aromatic rings. The highest BCUT2D eigenvalue weighted by Gasteiger charge is 2.30. The van der Waals surface area contributed by atoms with Crippen molar-refractivity contribution in [2.75, 3.05) is 36.7 Å². The molecule has 1 fully saturated rings. The van der Waals surface area contributed by atoms with Gasteiger partial charge in [0.1, 0.15) is 0 Å². The van der Waals surface area contributed by atoms with Crippen LogP contribution in [-0.4, -0.2) is 42.1 Å². The van der Waals surface area contributed by atoms with E-state index in [0.717, 1.165) is 5.92 Å². The van der Waals surface area contributed by atoms with Gasteiger partial charge in [0.15, 0.2) is 0 Å². The molecule has 0 radical (unpaired) electrons. The summed E-state index contributed by atoms with van der Waals surface area (Å²) < 4.78 is 0. The minimum Gasteiger partial charge on any atom is -0.357 e. The Labute approximate surface area is 115 Å². The van der Waals surface area contributed by atoms with Crippen molar-refractivity contribution in [2.45, 2.75) is 32.7 Å². The maximum atomic E-state index is 4.46. The zero-order valence-corrected chi connectivity index (χ0v) is 12.4. The molecule has 19 heavy (non-hydrogen) atoms. The molecule has 6 heteroatoms. The molecule has 0 spiro atoms. The van der Waals surface area contributed by atoms with Crippen LogP contribution in [0.1, 0.15) is 26.7 Å². The SMILES string of the molecule is CNc1nc(NC2CCC(C)C2C)nc(N(C)C)n1. The molecule has 0 aliphatic heterocycles. The zero-order chi connectivity index (χ0) is 14.0. The van der Waals surface area contributed by atoms with Gasteiger partial charge in [0.25, 0.3) is 0 Å². The van der Waals surface area contributed by atoms with E-state index in [1.807, 2.05) is 26.0 Å². The van der Waals surface area contributed by atoms with Gasteiger partial charge in [0, 0.05) is 27.2 Å². The minimum atomic E-state index is 0.456. The summed E-state index contributed by atoms with van der Waals surface area (Å²) in [6.07, 6.45) is 2.45. The third-order valence-corrected chi connectivity index (χ3v) is 4.03. The highest BCUT2D eigenvalue weighted by Crippen LogP contribution is 2.32. The molecule has 1 aromatic heterocycles. The second-order valence-corrected chi connectivity index (χ2v) is 5.59. The Morgan fingerprint density at radius 3 is 2.26 bits per heavy atom. The largest absolute Gasteiger partial charge is 0.357 e. The van der Waals surface area contributed by atoms with Crippen LogP contribution in [0.4, 0.5) is 17.8 Å². The van der Waals surface area contributed by atoms with Crippen molar-refractivity contribution in [3.05, 3.63) is 0 Å². The quantitative estimate of drug-likeness (QED) is 0.865. The van der Waals surface area contributed by atoms with E-state index in [0.29, 0.717) is 29.8 Å². The average molecular weight is 264 g/mol. The first kappa shape index (κ1) is 13.8. The molecule has 1 aliphatic rings. The first-order valence-electron chi connectivity index (χ1n) is 6.89. The third kappa shape index (κ3) is 3.05. The van der Waals surface area contributed by atoms with Crippen LogP contribution in [0, 0.1) is 11.8 Å². The molecule has 1 heterocycles. The summed E-state index contributed by atoms with van der Waals surface area (Å²) in [6.45, 7) is 4.60. The van der Waals surface area contributed by atoms with E-state index >= 15 is 0 Å². The summed E-state index contributed by atoms with van der Waals surface area (Å²) in [4.78, 5) is 15.0. The lowest BCUT2D eigenvalue weighted by Gasteiger charge is -2.20. The first-order chi connectivity index (χ1) is 9.01. The monoisotopic (exact) mass is 264 g/mol. The summed E-state index contributed by atoms with van der Waals surface area (Å²) in [5.74, 6) is 3.34. The summed E-state index contributed by atoms with van der Waals surface area (Å²) in [7, 11) is 5.68. The Kier molecular flexibility index (Phi) is 4.07. The predicted octanol–water partition coefficient (Wildman–Crippen LogP) is 1.83. The lowest BCUT2D eigenvalue weighted by atomic mass is 9.98. The molecule has 1 saturated carbocycles. The lowest BCUT2D eigenvalue weighted by molar-refractivity contribution is 0.434. The van der Waals surface area contributed by atoms with Crippen molar-refractivity contribution < 1.29 is 0 Å². The first-order valence-corrected chi connectivity index (χ1v) is 6.89. The van der Waals surface area contributed by atoms with Crippen LogP contribution < -0.4 is 15.5 Å². The van der Waals surface area contributed by atoms with Crippen molar-refractivity contribution in [1.29, 1.82) is 0 Å². The standard InChI is InChI=1S/C13H24N6/c1-8-6-7-10(9(8)2)15-12-16-11(14-3)17-13(18-12)19(4)5/h8-10H,6-7H2,1-5H3,(H2,14,15,16,17,18). The Balaban J connectivity index is 2.17. The van der Waals surface area contributed by atoms with E-state index in [1.54, 1.807) is 0 Å². The molecule has 2 N–H and O–H groups in total. The fraction of sp³-hybridized carbons (Fsp3) is 0.769. The number of rotatable bonds is 4. The third-order valence-electron chi connectivity index (χ3n) is 4.03. The van der Waals surface area contributed by atoms with Gasteiger partial charge in [-0.15, -0.1) is 0 Å². The van der Waals surface area contributed by atoms with Gasteiger partial charge in [-0.3, -0.25) is 0 Å². The van der Waals surface area contributed by atoms with Crippen LogP contribution in [0.15, 0.2) is 0 Å². The van der Waals surface area contributed by atoms with Gasteiger partial charge in [-0.25, -0.2) is 0 Å². The highest BCUT2D eigenvalue weighted by molar-refractivity contribution is 5.43. The summed E-state index contributed by atoms with van der Waals surface area (Å²) in [5.41, 5.74) is 0. The van der Waals surface area contributed by atoms with E-state index in [9.17, 15) is 0 Å². The molecule has 1 aliphatic carbocycles. The predicted molar refractivity (Wildman–Crippen MR) is 78.7 cm³/mol. The molecule has 3 unspecified atom stereocenters. The van der Waals surface area contributed by atoms with Gasteiger partial charge in [-0.2, -0.15) is 15.0 Å². The van der Waals surface area contributed by atoms with Gasteiger partial charge in [0.2, 0.25) is 17.8 Å². The number of aromatic nitrogens is 3. The molecule has 0 bridgehead atoms. The number of hydrogen-bond donors (Lipinski definition) is 2. The van der Waals surface area contributed by atoms with E-state index < -0.39 is 0 Å². The van der Waals surface area contributed by atoms with Crippen LogP contribution in [-0.2, 0) is 0 Å². The fourth-order valence-corrected chi connectivity index (χ4v) is 2.48. The van der Waals surface area contributed by atoms with E-state index in [2.05, 4.69) is 39.4 Å². The van der Waals surface area contributed by atoms with Crippen molar-refractivity contribution in [3.8, 4) is 0 Å².